The molecular formula is C21H21FN2O. The van der Waals surface area contributed by atoms with E-state index in [-0.39, 0.29) is 5.82 Å². The van der Waals surface area contributed by atoms with Crippen molar-refractivity contribution in [1.82, 2.24) is 4.90 Å². The molecule has 25 heavy (non-hydrogen) atoms. The van der Waals surface area contributed by atoms with Gasteiger partial charge in [-0.05, 0) is 53.8 Å². The van der Waals surface area contributed by atoms with E-state index >= 15 is 0 Å². The fourth-order valence-electron chi connectivity index (χ4n) is 3.09. The Labute approximate surface area is 147 Å². The van der Waals surface area contributed by atoms with Crippen LogP contribution in [0.15, 0.2) is 54.6 Å². The van der Waals surface area contributed by atoms with Crippen LogP contribution in [0.25, 0.3) is 5.57 Å². The van der Waals surface area contributed by atoms with Gasteiger partial charge in [-0.2, -0.15) is 5.26 Å². The molecule has 0 amide bonds. The van der Waals surface area contributed by atoms with Crippen LogP contribution in [0, 0.1) is 17.1 Å². The van der Waals surface area contributed by atoms with Gasteiger partial charge in [-0.25, -0.2) is 4.39 Å². The van der Waals surface area contributed by atoms with Gasteiger partial charge in [0.2, 0.25) is 0 Å². The zero-order valence-corrected chi connectivity index (χ0v) is 14.0. The number of rotatable bonds is 5. The summed E-state index contributed by atoms with van der Waals surface area (Å²) in [5, 5.41) is 19.1. The molecule has 4 heteroatoms. The molecule has 0 fully saturated rings. The van der Waals surface area contributed by atoms with Crippen LogP contribution in [0.1, 0.15) is 35.6 Å². The van der Waals surface area contributed by atoms with E-state index in [1.807, 2.05) is 24.3 Å². The van der Waals surface area contributed by atoms with Gasteiger partial charge in [0, 0.05) is 19.6 Å². The number of aliphatic hydroxyl groups excluding tert-OH is 1. The first-order valence-corrected chi connectivity index (χ1v) is 8.51. The van der Waals surface area contributed by atoms with Crippen LogP contribution in [0.5, 0.6) is 0 Å². The van der Waals surface area contributed by atoms with Crippen molar-refractivity contribution in [3.63, 3.8) is 0 Å². The Bertz CT molecular complexity index is 775. The molecule has 3 nitrogen and oxygen atoms in total. The lowest BCUT2D eigenvalue weighted by atomic mass is 9.99. The molecule has 0 radical (unpaired) electrons. The minimum atomic E-state index is -0.518. The molecule has 1 N–H and O–H groups in total. The summed E-state index contributed by atoms with van der Waals surface area (Å²) in [6.45, 7) is 2.59. The largest absolute Gasteiger partial charge is 0.388 e. The summed E-state index contributed by atoms with van der Waals surface area (Å²) >= 11 is 0. The maximum atomic E-state index is 13.0. The van der Waals surface area contributed by atoms with E-state index < -0.39 is 6.10 Å². The minimum Gasteiger partial charge on any atom is -0.388 e. The lowest BCUT2D eigenvalue weighted by Gasteiger charge is -2.27. The van der Waals surface area contributed by atoms with Crippen LogP contribution in [-0.4, -0.2) is 29.6 Å². The van der Waals surface area contributed by atoms with Crippen LogP contribution >= 0.6 is 0 Å². The standard InChI is InChI=1S/C21H21FN2O/c22-20-7-5-17(6-8-20)18-9-12-24(13-10-18)14-11-21(25)19-3-1-16(15-23)2-4-19/h1-9,21,25H,10-14H2. The number of aliphatic hydroxyl groups is 1. The number of hydrogen-bond donors (Lipinski definition) is 1. The van der Waals surface area contributed by atoms with E-state index in [0.29, 0.717) is 12.0 Å². The number of nitrogens with zero attached hydrogens (tertiary/aromatic N) is 2. The summed E-state index contributed by atoms with van der Waals surface area (Å²) < 4.78 is 13.0. The fraction of sp³-hybridized carbons (Fsp3) is 0.286. The molecule has 1 unspecified atom stereocenters. The zero-order chi connectivity index (χ0) is 17.6. The second-order valence-electron chi connectivity index (χ2n) is 6.33. The van der Waals surface area contributed by atoms with E-state index in [1.54, 1.807) is 12.1 Å². The van der Waals surface area contributed by atoms with Gasteiger partial charge < -0.3 is 5.11 Å². The number of nitriles is 1. The van der Waals surface area contributed by atoms with E-state index in [1.165, 1.54) is 17.7 Å². The molecule has 0 aromatic heterocycles. The van der Waals surface area contributed by atoms with Crippen molar-refractivity contribution in [2.45, 2.75) is 18.9 Å². The van der Waals surface area contributed by atoms with Crippen molar-refractivity contribution in [2.75, 3.05) is 19.6 Å². The normalized spacial score (nSPS) is 16.1. The maximum Gasteiger partial charge on any atom is 0.123 e. The second-order valence-corrected chi connectivity index (χ2v) is 6.33. The summed E-state index contributed by atoms with van der Waals surface area (Å²) in [4.78, 5) is 2.31. The molecule has 0 bridgehead atoms. The van der Waals surface area contributed by atoms with Gasteiger partial charge >= 0.3 is 0 Å². The molecule has 2 aromatic rings. The Morgan fingerprint density at radius 1 is 1.12 bits per heavy atom. The first-order valence-electron chi connectivity index (χ1n) is 8.51. The van der Waals surface area contributed by atoms with Crippen LogP contribution < -0.4 is 0 Å². The van der Waals surface area contributed by atoms with E-state index in [2.05, 4.69) is 17.0 Å². The molecule has 3 rings (SSSR count). The van der Waals surface area contributed by atoms with Gasteiger partial charge in [0.05, 0.1) is 17.7 Å². The quantitative estimate of drug-likeness (QED) is 0.900. The van der Waals surface area contributed by atoms with Gasteiger partial charge in [-0.1, -0.05) is 30.3 Å². The Morgan fingerprint density at radius 3 is 2.44 bits per heavy atom. The van der Waals surface area contributed by atoms with E-state index in [9.17, 15) is 9.50 Å². The SMILES string of the molecule is N#Cc1ccc(C(O)CCN2CC=C(c3ccc(F)cc3)CC2)cc1. The van der Waals surface area contributed by atoms with Crippen molar-refractivity contribution in [3.05, 3.63) is 77.1 Å². The Kier molecular flexibility index (Phi) is 5.60. The van der Waals surface area contributed by atoms with Crippen LogP contribution in [0.2, 0.25) is 0 Å². The van der Waals surface area contributed by atoms with Gasteiger partial charge in [0.1, 0.15) is 5.82 Å². The summed E-state index contributed by atoms with van der Waals surface area (Å²) in [6, 6.07) is 15.8. The Balaban J connectivity index is 1.51. The number of benzene rings is 2. The molecule has 1 atom stereocenters. The fourth-order valence-corrected chi connectivity index (χ4v) is 3.09. The molecule has 0 aliphatic carbocycles. The zero-order valence-electron chi connectivity index (χ0n) is 14.0. The second kappa shape index (κ2) is 8.06. The minimum absolute atomic E-state index is 0.210. The predicted octanol–water partition coefficient (Wildman–Crippen LogP) is 3.91. The highest BCUT2D eigenvalue weighted by molar-refractivity contribution is 5.66. The topological polar surface area (TPSA) is 47.3 Å². The van der Waals surface area contributed by atoms with Gasteiger partial charge in [0.25, 0.3) is 0 Å². The van der Waals surface area contributed by atoms with Crippen molar-refractivity contribution in [2.24, 2.45) is 0 Å². The monoisotopic (exact) mass is 336 g/mol. The van der Waals surface area contributed by atoms with Crippen LogP contribution in [0.3, 0.4) is 0 Å². The highest BCUT2D eigenvalue weighted by Crippen LogP contribution is 2.24. The van der Waals surface area contributed by atoms with Gasteiger partial charge in [-0.3, -0.25) is 4.90 Å². The molecule has 0 saturated carbocycles. The maximum absolute atomic E-state index is 13.0. The van der Waals surface area contributed by atoms with Crippen molar-refractivity contribution < 1.29 is 9.50 Å². The lowest BCUT2D eigenvalue weighted by Crippen LogP contribution is -2.30. The number of hydrogen-bond acceptors (Lipinski definition) is 3. The van der Waals surface area contributed by atoms with Crippen molar-refractivity contribution >= 4 is 5.57 Å². The average Bonchev–Trinajstić information content (AvgIpc) is 2.67. The molecule has 1 aliphatic rings. The third-order valence-corrected chi connectivity index (χ3v) is 4.65. The summed E-state index contributed by atoms with van der Waals surface area (Å²) in [7, 11) is 0. The van der Waals surface area contributed by atoms with Crippen molar-refractivity contribution in [1.29, 1.82) is 5.26 Å². The summed E-state index contributed by atoms with van der Waals surface area (Å²) in [5.41, 5.74) is 3.78. The first-order chi connectivity index (χ1) is 12.2. The van der Waals surface area contributed by atoms with Crippen LogP contribution in [0.4, 0.5) is 4.39 Å². The Hall–Kier alpha value is -2.48. The highest BCUT2D eigenvalue weighted by atomic mass is 19.1. The Morgan fingerprint density at radius 2 is 1.84 bits per heavy atom. The molecule has 2 aromatic carbocycles. The molecule has 0 spiro atoms. The third kappa shape index (κ3) is 4.54. The molecule has 1 aliphatic heterocycles. The van der Waals surface area contributed by atoms with Gasteiger partial charge in [-0.15, -0.1) is 0 Å². The molecule has 1 heterocycles. The molecular weight excluding hydrogens is 315 g/mol. The molecule has 0 saturated heterocycles. The number of halogens is 1. The third-order valence-electron chi connectivity index (χ3n) is 4.65. The van der Waals surface area contributed by atoms with Crippen LogP contribution in [-0.2, 0) is 0 Å². The predicted molar refractivity (Wildman–Crippen MR) is 96.2 cm³/mol. The lowest BCUT2D eigenvalue weighted by molar-refractivity contribution is 0.145. The van der Waals surface area contributed by atoms with E-state index in [4.69, 9.17) is 5.26 Å². The van der Waals surface area contributed by atoms with Crippen molar-refractivity contribution in [3.8, 4) is 6.07 Å². The smallest absolute Gasteiger partial charge is 0.123 e. The summed E-state index contributed by atoms with van der Waals surface area (Å²) in [6.07, 6.45) is 3.25. The summed E-state index contributed by atoms with van der Waals surface area (Å²) in [5.74, 6) is -0.210. The van der Waals surface area contributed by atoms with Gasteiger partial charge in [0.15, 0.2) is 0 Å². The highest BCUT2D eigenvalue weighted by Gasteiger charge is 2.15. The molecule has 128 valence electrons. The average molecular weight is 336 g/mol. The van der Waals surface area contributed by atoms with E-state index in [0.717, 1.165) is 37.2 Å². The first kappa shape index (κ1) is 17.3.